The Balaban J connectivity index is 3.27. The van der Waals surface area contributed by atoms with Gasteiger partial charge in [-0.05, 0) is 11.5 Å². The van der Waals surface area contributed by atoms with Crippen LogP contribution in [0.25, 0.3) is 0 Å². The molecule has 3 heteroatoms. The van der Waals surface area contributed by atoms with Crippen LogP contribution in [-0.2, 0) is 9.53 Å². The van der Waals surface area contributed by atoms with Gasteiger partial charge in [0.15, 0.2) is 0 Å². The molecular formula is C6H8O2S. The highest BCUT2D eigenvalue weighted by Gasteiger charge is 1.88. The van der Waals surface area contributed by atoms with Gasteiger partial charge in [-0.3, -0.25) is 0 Å². The van der Waals surface area contributed by atoms with E-state index in [2.05, 4.69) is 23.9 Å². The zero-order valence-corrected chi connectivity index (χ0v) is 5.80. The van der Waals surface area contributed by atoms with Crippen LogP contribution in [-0.4, -0.2) is 12.6 Å². The van der Waals surface area contributed by atoms with Gasteiger partial charge in [-0.2, -0.15) is 12.6 Å². The van der Waals surface area contributed by atoms with E-state index in [1.807, 2.05) is 0 Å². The van der Waals surface area contributed by atoms with Crippen LogP contribution < -0.4 is 0 Å². The van der Waals surface area contributed by atoms with Gasteiger partial charge in [0.2, 0.25) is 0 Å². The Hall–Kier alpha value is -0.700. The van der Waals surface area contributed by atoms with Crippen LogP contribution in [0.1, 0.15) is 0 Å². The summed E-state index contributed by atoms with van der Waals surface area (Å²) in [5, 5.41) is 1.51. The summed E-state index contributed by atoms with van der Waals surface area (Å²) in [6.45, 7) is 3.48. The van der Waals surface area contributed by atoms with Crippen LogP contribution in [0.3, 0.4) is 0 Å². The van der Waals surface area contributed by atoms with Gasteiger partial charge in [-0.25, -0.2) is 4.79 Å². The van der Waals surface area contributed by atoms with Crippen molar-refractivity contribution in [2.24, 2.45) is 0 Å². The number of esters is 1. The Morgan fingerprint density at radius 2 is 2.44 bits per heavy atom. The lowest BCUT2D eigenvalue weighted by Gasteiger charge is -1.92. The van der Waals surface area contributed by atoms with E-state index in [-0.39, 0.29) is 6.61 Å². The lowest BCUT2D eigenvalue weighted by atomic mass is 10.6. The van der Waals surface area contributed by atoms with E-state index in [1.54, 1.807) is 6.08 Å². The number of hydrogen-bond acceptors (Lipinski definition) is 3. The number of thiol groups is 1. The van der Waals surface area contributed by atoms with Crippen molar-refractivity contribution < 1.29 is 9.53 Å². The van der Waals surface area contributed by atoms with E-state index < -0.39 is 5.97 Å². The predicted octanol–water partition coefficient (Wildman–Crippen LogP) is 1.16. The molecule has 0 N–H and O–H groups in total. The van der Waals surface area contributed by atoms with Crippen molar-refractivity contribution in [3.8, 4) is 0 Å². The van der Waals surface area contributed by atoms with Crippen molar-refractivity contribution in [1.29, 1.82) is 0 Å². The molecule has 9 heavy (non-hydrogen) atoms. The Morgan fingerprint density at radius 3 is 2.89 bits per heavy atom. The SMILES string of the molecule is C=CC(=O)OCC=CS. The van der Waals surface area contributed by atoms with Gasteiger partial charge in [-0.15, -0.1) is 0 Å². The average Bonchev–Trinajstić information content (AvgIpc) is 1.89. The molecule has 0 aromatic rings. The van der Waals surface area contributed by atoms with Crippen molar-refractivity contribution in [3.05, 3.63) is 24.1 Å². The molecule has 0 aliphatic carbocycles. The lowest BCUT2D eigenvalue weighted by Crippen LogP contribution is -1.98. The van der Waals surface area contributed by atoms with Gasteiger partial charge in [0.25, 0.3) is 0 Å². The van der Waals surface area contributed by atoms with Gasteiger partial charge in [0.1, 0.15) is 6.61 Å². The zero-order chi connectivity index (χ0) is 7.11. The molecule has 2 nitrogen and oxygen atoms in total. The van der Waals surface area contributed by atoms with E-state index in [0.29, 0.717) is 0 Å². The number of rotatable bonds is 3. The fourth-order valence-electron chi connectivity index (χ4n) is 0.232. The van der Waals surface area contributed by atoms with E-state index in [4.69, 9.17) is 0 Å². The molecule has 0 saturated carbocycles. The highest BCUT2D eigenvalue weighted by atomic mass is 32.1. The summed E-state index contributed by atoms with van der Waals surface area (Å²) in [6.07, 6.45) is 2.73. The molecule has 50 valence electrons. The van der Waals surface area contributed by atoms with Gasteiger partial charge in [-0.1, -0.05) is 6.58 Å². The molecule has 0 aromatic heterocycles. The third-order valence-electron chi connectivity index (χ3n) is 0.594. The van der Waals surface area contributed by atoms with Crippen LogP contribution in [0.4, 0.5) is 0 Å². The topological polar surface area (TPSA) is 26.3 Å². The maximum absolute atomic E-state index is 10.3. The van der Waals surface area contributed by atoms with Crippen LogP contribution in [0.15, 0.2) is 24.1 Å². The molecule has 0 rings (SSSR count). The van der Waals surface area contributed by atoms with Crippen LogP contribution in [0, 0.1) is 0 Å². The Morgan fingerprint density at radius 1 is 1.78 bits per heavy atom. The van der Waals surface area contributed by atoms with Gasteiger partial charge in [0, 0.05) is 6.08 Å². The van der Waals surface area contributed by atoms with Crippen LogP contribution in [0.2, 0.25) is 0 Å². The Kier molecular flexibility index (Phi) is 5.01. The zero-order valence-electron chi connectivity index (χ0n) is 4.91. The van der Waals surface area contributed by atoms with Crippen molar-refractivity contribution in [2.75, 3.05) is 6.61 Å². The summed E-state index contributed by atoms with van der Waals surface area (Å²) in [7, 11) is 0. The standard InChI is InChI=1S/C6H8O2S/c1-2-6(7)8-4-3-5-9/h2-3,5,9H,1,4H2. The fourth-order valence-corrected chi connectivity index (χ4v) is 0.318. The molecule has 0 saturated heterocycles. The van der Waals surface area contributed by atoms with Gasteiger partial charge < -0.3 is 4.74 Å². The Labute approximate surface area is 59.6 Å². The highest BCUT2D eigenvalue weighted by molar-refractivity contribution is 7.83. The second kappa shape index (κ2) is 5.44. The predicted molar refractivity (Wildman–Crippen MR) is 39.3 cm³/mol. The molecule has 0 unspecified atom stereocenters. The second-order valence-electron chi connectivity index (χ2n) is 1.22. The molecule has 0 aliphatic rings. The van der Waals surface area contributed by atoms with Crippen LogP contribution >= 0.6 is 12.6 Å². The summed E-state index contributed by atoms with van der Waals surface area (Å²) in [6, 6.07) is 0. The summed E-state index contributed by atoms with van der Waals surface area (Å²) in [5.74, 6) is -0.415. The smallest absolute Gasteiger partial charge is 0.330 e. The molecule has 0 aliphatic heterocycles. The fraction of sp³-hybridized carbons (Fsp3) is 0.167. The number of hydrogen-bond donors (Lipinski definition) is 1. The first kappa shape index (κ1) is 8.30. The third-order valence-corrected chi connectivity index (χ3v) is 0.805. The first-order valence-corrected chi connectivity index (χ1v) is 2.91. The number of carbonyl (C=O) groups is 1. The first-order valence-electron chi connectivity index (χ1n) is 2.39. The molecule has 0 radical (unpaired) electrons. The van der Waals surface area contributed by atoms with Gasteiger partial charge >= 0.3 is 5.97 Å². The first-order chi connectivity index (χ1) is 4.31. The van der Waals surface area contributed by atoms with Crippen molar-refractivity contribution in [3.63, 3.8) is 0 Å². The molecule has 0 atom stereocenters. The summed E-state index contributed by atoms with van der Waals surface area (Å²) < 4.78 is 4.54. The maximum Gasteiger partial charge on any atom is 0.330 e. The molecule has 0 heterocycles. The molecule has 0 bridgehead atoms. The summed E-state index contributed by atoms with van der Waals surface area (Å²) >= 11 is 3.75. The number of ether oxygens (including phenoxy) is 1. The molecular weight excluding hydrogens is 136 g/mol. The largest absolute Gasteiger partial charge is 0.458 e. The minimum absolute atomic E-state index is 0.258. The van der Waals surface area contributed by atoms with E-state index in [1.165, 1.54) is 5.41 Å². The van der Waals surface area contributed by atoms with Crippen molar-refractivity contribution in [2.45, 2.75) is 0 Å². The van der Waals surface area contributed by atoms with E-state index >= 15 is 0 Å². The molecule has 0 amide bonds. The van der Waals surface area contributed by atoms with Crippen LogP contribution in [0.5, 0.6) is 0 Å². The Bertz CT molecular complexity index is 129. The number of carbonyl (C=O) groups excluding carboxylic acids is 1. The summed E-state index contributed by atoms with van der Waals surface area (Å²) in [5.41, 5.74) is 0. The maximum atomic E-state index is 10.3. The molecule has 0 fully saturated rings. The molecule has 0 aromatic carbocycles. The van der Waals surface area contributed by atoms with Crippen molar-refractivity contribution in [1.82, 2.24) is 0 Å². The lowest BCUT2D eigenvalue weighted by molar-refractivity contribution is -0.136. The van der Waals surface area contributed by atoms with Crippen molar-refractivity contribution >= 4 is 18.6 Å². The minimum Gasteiger partial charge on any atom is -0.458 e. The average molecular weight is 144 g/mol. The summed E-state index contributed by atoms with van der Waals surface area (Å²) in [4.78, 5) is 10.3. The second-order valence-corrected chi connectivity index (χ2v) is 1.52. The highest BCUT2D eigenvalue weighted by Crippen LogP contribution is 1.81. The molecule has 0 spiro atoms. The minimum atomic E-state index is -0.415. The van der Waals surface area contributed by atoms with E-state index in [9.17, 15) is 4.79 Å². The van der Waals surface area contributed by atoms with Gasteiger partial charge in [0.05, 0.1) is 0 Å². The third kappa shape index (κ3) is 5.17. The quantitative estimate of drug-likeness (QED) is 0.365. The monoisotopic (exact) mass is 144 g/mol. The normalized spacial score (nSPS) is 9.44. The van der Waals surface area contributed by atoms with E-state index in [0.717, 1.165) is 6.08 Å².